The molecule has 1 aliphatic rings. The number of ketones is 1. The summed E-state index contributed by atoms with van der Waals surface area (Å²) in [6.07, 6.45) is 6.16. The molecule has 0 saturated carbocycles. The van der Waals surface area contributed by atoms with E-state index in [1.807, 2.05) is 0 Å². The van der Waals surface area contributed by atoms with Crippen LogP contribution in [-0.4, -0.2) is 37.1 Å². The van der Waals surface area contributed by atoms with Crippen LogP contribution in [0.3, 0.4) is 0 Å². The number of fused-ring (bicyclic) bond motifs is 1. The van der Waals surface area contributed by atoms with Gasteiger partial charge in [-0.2, -0.15) is 0 Å². The van der Waals surface area contributed by atoms with Gasteiger partial charge in [-0.15, -0.1) is 10.2 Å². The summed E-state index contributed by atoms with van der Waals surface area (Å²) >= 11 is 0. The van der Waals surface area contributed by atoms with Crippen LogP contribution in [0.4, 0.5) is 4.39 Å². The summed E-state index contributed by atoms with van der Waals surface area (Å²) in [5.74, 6) is 1.29. The van der Waals surface area contributed by atoms with Gasteiger partial charge in [-0.05, 0) is 49.6 Å². The fourth-order valence-corrected chi connectivity index (χ4v) is 3.32. The number of aromatic nitrogens is 5. The van der Waals surface area contributed by atoms with Crippen LogP contribution in [0.2, 0.25) is 0 Å². The first-order valence-corrected chi connectivity index (χ1v) is 9.65. The number of Topliss-reactive ketones (excluding diaryl/α,β-unsaturated/α-hetero) is 1. The quantitative estimate of drug-likeness (QED) is 0.624. The number of benzene rings is 1. The highest BCUT2D eigenvalue weighted by molar-refractivity contribution is 6.00. The van der Waals surface area contributed by atoms with Crippen LogP contribution in [0.1, 0.15) is 31.2 Å². The molecular weight excluding hydrogens is 387 g/mol. The molecule has 3 heterocycles. The molecule has 0 fully saturated rings. The standard InChI is InChI=1S/C21H21FN6O2/c1-13(29)16(20(23)14-5-7-15(22)8-6-14)12-30-19-11-24-17(10-25-19)21-27-26-18-4-2-3-9-28(18)21/h5-8,10-11H,2-4,9,12,23H2,1H3/b20-16-. The summed E-state index contributed by atoms with van der Waals surface area (Å²) in [5, 5.41) is 8.45. The minimum absolute atomic E-state index is 0.0765. The van der Waals surface area contributed by atoms with Gasteiger partial charge in [-0.3, -0.25) is 4.79 Å². The van der Waals surface area contributed by atoms with Gasteiger partial charge in [0.05, 0.1) is 18.0 Å². The molecular formula is C21H21FN6O2. The number of rotatable bonds is 6. The van der Waals surface area contributed by atoms with E-state index in [0.717, 1.165) is 31.6 Å². The highest BCUT2D eigenvalue weighted by Crippen LogP contribution is 2.22. The third-order valence-electron chi connectivity index (χ3n) is 4.99. The van der Waals surface area contributed by atoms with Crippen LogP contribution in [-0.2, 0) is 17.8 Å². The second-order valence-corrected chi connectivity index (χ2v) is 7.03. The van der Waals surface area contributed by atoms with Crippen molar-refractivity contribution in [3.63, 3.8) is 0 Å². The van der Waals surface area contributed by atoms with Crippen molar-refractivity contribution in [2.75, 3.05) is 6.61 Å². The predicted octanol–water partition coefficient (Wildman–Crippen LogP) is 2.55. The highest BCUT2D eigenvalue weighted by atomic mass is 19.1. The molecule has 154 valence electrons. The molecule has 1 aliphatic heterocycles. The summed E-state index contributed by atoms with van der Waals surface area (Å²) in [4.78, 5) is 20.7. The van der Waals surface area contributed by atoms with Crippen LogP contribution in [0, 0.1) is 5.82 Å². The fraction of sp³-hybridized carbons (Fsp3) is 0.286. The zero-order valence-electron chi connectivity index (χ0n) is 16.5. The van der Waals surface area contributed by atoms with E-state index in [4.69, 9.17) is 10.5 Å². The Morgan fingerprint density at radius 3 is 2.67 bits per heavy atom. The van der Waals surface area contributed by atoms with E-state index in [-0.39, 0.29) is 35.4 Å². The molecule has 0 saturated heterocycles. The Labute approximate surface area is 172 Å². The van der Waals surface area contributed by atoms with E-state index in [1.54, 1.807) is 6.20 Å². The number of ether oxygens (including phenoxy) is 1. The predicted molar refractivity (Wildman–Crippen MR) is 108 cm³/mol. The summed E-state index contributed by atoms with van der Waals surface area (Å²) < 4.78 is 20.8. The molecule has 0 atom stereocenters. The van der Waals surface area contributed by atoms with Gasteiger partial charge in [0.25, 0.3) is 0 Å². The maximum atomic E-state index is 13.1. The minimum Gasteiger partial charge on any atom is -0.471 e. The number of nitrogens with zero attached hydrogens (tertiary/aromatic N) is 5. The van der Waals surface area contributed by atoms with Crippen LogP contribution in [0.15, 0.2) is 42.2 Å². The molecule has 1 aromatic carbocycles. The van der Waals surface area contributed by atoms with Crippen LogP contribution >= 0.6 is 0 Å². The first-order valence-electron chi connectivity index (χ1n) is 9.65. The van der Waals surface area contributed by atoms with E-state index >= 15 is 0 Å². The van der Waals surface area contributed by atoms with Crippen molar-refractivity contribution in [2.45, 2.75) is 32.7 Å². The Balaban J connectivity index is 1.50. The molecule has 8 nitrogen and oxygen atoms in total. The van der Waals surface area contributed by atoms with E-state index in [1.165, 1.54) is 37.4 Å². The molecule has 3 aromatic rings. The van der Waals surface area contributed by atoms with Gasteiger partial charge >= 0.3 is 0 Å². The molecule has 2 aromatic heterocycles. The zero-order valence-corrected chi connectivity index (χ0v) is 16.5. The third kappa shape index (κ3) is 4.05. The molecule has 0 spiro atoms. The second-order valence-electron chi connectivity index (χ2n) is 7.03. The van der Waals surface area contributed by atoms with E-state index in [0.29, 0.717) is 17.1 Å². The molecule has 0 aliphatic carbocycles. The number of aryl methyl sites for hydroxylation is 1. The van der Waals surface area contributed by atoms with Crippen LogP contribution in [0.25, 0.3) is 17.2 Å². The summed E-state index contributed by atoms with van der Waals surface area (Å²) in [6.45, 7) is 2.19. The minimum atomic E-state index is -0.378. The number of carbonyl (C=O) groups is 1. The average molecular weight is 408 g/mol. The third-order valence-corrected chi connectivity index (χ3v) is 4.99. The van der Waals surface area contributed by atoms with Crippen molar-refractivity contribution in [1.29, 1.82) is 0 Å². The summed E-state index contributed by atoms with van der Waals surface area (Å²) in [5.41, 5.74) is 7.78. The molecule has 0 unspecified atom stereocenters. The molecule has 0 bridgehead atoms. The SMILES string of the molecule is CC(=O)/C(COc1cnc(-c2nnc3n2CCCC3)cn1)=C(\N)c1ccc(F)cc1. The topological polar surface area (TPSA) is 109 Å². The molecule has 9 heteroatoms. The van der Waals surface area contributed by atoms with Crippen molar-refractivity contribution in [3.8, 4) is 17.4 Å². The second kappa shape index (κ2) is 8.40. The number of halogens is 1. The van der Waals surface area contributed by atoms with Crippen LogP contribution < -0.4 is 10.5 Å². The van der Waals surface area contributed by atoms with E-state index < -0.39 is 0 Å². The number of hydrogen-bond donors (Lipinski definition) is 1. The number of carbonyl (C=O) groups excluding carboxylic acids is 1. The lowest BCUT2D eigenvalue weighted by molar-refractivity contribution is -0.113. The largest absolute Gasteiger partial charge is 0.471 e. The summed E-state index contributed by atoms with van der Waals surface area (Å²) in [6, 6.07) is 5.60. The van der Waals surface area contributed by atoms with Crippen molar-refractivity contribution in [2.24, 2.45) is 5.73 Å². The van der Waals surface area contributed by atoms with Gasteiger partial charge in [0.2, 0.25) is 5.88 Å². The highest BCUT2D eigenvalue weighted by Gasteiger charge is 2.18. The number of nitrogens with two attached hydrogens (primary N) is 1. The van der Waals surface area contributed by atoms with Gasteiger partial charge < -0.3 is 15.0 Å². The molecule has 0 amide bonds. The summed E-state index contributed by atoms with van der Waals surface area (Å²) in [7, 11) is 0. The van der Waals surface area contributed by atoms with Crippen molar-refractivity contribution < 1.29 is 13.9 Å². The molecule has 4 rings (SSSR count). The first kappa shape index (κ1) is 19.7. The zero-order chi connectivity index (χ0) is 21.1. The van der Waals surface area contributed by atoms with Gasteiger partial charge in [-0.1, -0.05) is 0 Å². The fourth-order valence-electron chi connectivity index (χ4n) is 3.32. The van der Waals surface area contributed by atoms with Gasteiger partial charge in [-0.25, -0.2) is 14.4 Å². The monoisotopic (exact) mass is 408 g/mol. The number of hydrogen-bond acceptors (Lipinski definition) is 7. The molecule has 2 N–H and O–H groups in total. The maximum Gasteiger partial charge on any atom is 0.232 e. The van der Waals surface area contributed by atoms with E-state index in [9.17, 15) is 9.18 Å². The van der Waals surface area contributed by atoms with Crippen molar-refractivity contribution in [1.82, 2.24) is 24.7 Å². The average Bonchev–Trinajstić information content (AvgIpc) is 3.19. The van der Waals surface area contributed by atoms with Gasteiger partial charge in [0, 0.05) is 18.7 Å². The smallest absolute Gasteiger partial charge is 0.232 e. The normalized spacial score (nSPS) is 14.1. The Morgan fingerprint density at radius 1 is 1.17 bits per heavy atom. The lowest BCUT2D eigenvalue weighted by Gasteiger charge is -2.14. The Bertz CT molecular complexity index is 1090. The molecule has 0 radical (unpaired) electrons. The lowest BCUT2D eigenvalue weighted by Crippen LogP contribution is -2.15. The molecule has 30 heavy (non-hydrogen) atoms. The van der Waals surface area contributed by atoms with Gasteiger partial charge in [0.1, 0.15) is 23.9 Å². The lowest BCUT2D eigenvalue weighted by atomic mass is 10.0. The Hall–Kier alpha value is -3.62. The van der Waals surface area contributed by atoms with Gasteiger partial charge in [0.15, 0.2) is 11.6 Å². The van der Waals surface area contributed by atoms with Crippen molar-refractivity contribution in [3.05, 3.63) is 59.4 Å². The maximum absolute atomic E-state index is 13.1. The first-order chi connectivity index (χ1) is 14.5. The Kier molecular flexibility index (Phi) is 5.51. The van der Waals surface area contributed by atoms with Crippen molar-refractivity contribution >= 4 is 11.5 Å². The van der Waals surface area contributed by atoms with E-state index in [2.05, 4.69) is 24.7 Å². The van der Waals surface area contributed by atoms with Crippen LogP contribution in [0.5, 0.6) is 5.88 Å². The Morgan fingerprint density at radius 2 is 1.97 bits per heavy atom.